The highest BCUT2D eigenvalue weighted by Gasteiger charge is 2.13. The van der Waals surface area contributed by atoms with Gasteiger partial charge >= 0.3 is 0 Å². The third-order valence-electron chi connectivity index (χ3n) is 5.10. The zero-order chi connectivity index (χ0) is 20.5. The second-order valence-corrected chi connectivity index (χ2v) is 8.12. The van der Waals surface area contributed by atoms with Gasteiger partial charge in [-0.3, -0.25) is 9.89 Å². The van der Waals surface area contributed by atoms with Crippen LogP contribution in [0.4, 0.5) is 0 Å². The standard InChI is InChI=1S/C24H19N3O2S/c1-29-19-8-4-7-18(12-19)23(28)25-14-20-13-21-22(26-27-24(21)30-20)17-10-9-15-5-2-3-6-16(15)11-17/h2-13H,14H2,1H3,(H,25,28)(H,26,27). The second kappa shape index (κ2) is 7.65. The topological polar surface area (TPSA) is 67.0 Å². The number of H-pyrrole nitrogens is 1. The van der Waals surface area contributed by atoms with Crippen molar-refractivity contribution in [3.63, 3.8) is 0 Å². The molecule has 6 heteroatoms. The van der Waals surface area contributed by atoms with Gasteiger partial charge in [0, 0.05) is 21.4 Å². The van der Waals surface area contributed by atoms with Crippen LogP contribution in [0.2, 0.25) is 0 Å². The normalized spacial score (nSPS) is 11.1. The van der Waals surface area contributed by atoms with Gasteiger partial charge in [0.25, 0.3) is 5.91 Å². The monoisotopic (exact) mass is 413 g/mol. The number of fused-ring (bicyclic) bond motifs is 2. The molecular weight excluding hydrogens is 394 g/mol. The summed E-state index contributed by atoms with van der Waals surface area (Å²) >= 11 is 1.58. The van der Waals surface area contributed by atoms with Crippen LogP contribution in [0, 0.1) is 0 Å². The number of amides is 1. The molecule has 148 valence electrons. The van der Waals surface area contributed by atoms with Gasteiger partial charge in [0.05, 0.1) is 19.3 Å². The molecule has 0 aliphatic rings. The first-order valence-corrected chi connectivity index (χ1v) is 10.4. The quantitative estimate of drug-likeness (QED) is 0.406. The Balaban J connectivity index is 1.38. The molecule has 2 aromatic heterocycles. The van der Waals surface area contributed by atoms with Crippen molar-refractivity contribution in [2.24, 2.45) is 0 Å². The van der Waals surface area contributed by atoms with Gasteiger partial charge in [-0.25, -0.2) is 0 Å². The molecule has 5 aromatic rings. The number of ether oxygens (including phenoxy) is 1. The van der Waals surface area contributed by atoms with Crippen molar-refractivity contribution in [2.45, 2.75) is 6.54 Å². The van der Waals surface area contributed by atoms with E-state index in [1.54, 1.807) is 30.6 Å². The van der Waals surface area contributed by atoms with Crippen LogP contribution in [0.25, 0.3) is 32.2 Å². The van der Waals surface area contributed by atoms with E-state index in [4.69, 9.17) is 4.74 Å². The molecule has 0 unspecified atom stereocenters. The lowest BCUT2D eigenvalue weighted by Gasteiger charge is -2.05. The minimum atomic E-state index is -0.128. The Hall–Kier alpha value is -3.64. The molecule has 0 fully saturated rings. The summed E-state index contributed by atoms with van der Waals surface area (Å²) in [4.78, 5) is 14.5. The lowest BCUT2D eigenvalue weighted by Crippen LogP contribution is -2.22. The van der Waals surface area contributed by atoms with Gasteiger partial charge < -0.3 is 10.1 Å². The van der Waals surface area contributed by atoms with E-state index in [1.165, 1.54) is 10.8 Å². The fraction of sp³-hybridized carbons (Fsp3) is 0.0833. The summed E-state index contributed by atoms with van der Waals surface area (Å²) in [5.41, 5.74) is 2.67. The summed E-state index contributed by atoms with van der Waals surface area (Å²) in [6, 6.07) is 23.9. The van der Waals surface area contributed by atoms with Crippen molar-refractivity contribution >= 4 is 38.2 Å². The lowest BCUT2D eigenvalue weighted by atomic mass is 10.0. The highest BCUT2D eigenvalue weighted by atomic mass is 32.1. The van der Waals surface area contributed by atoms with E-state index in [0.29, 0.717) is 17.9 Å². The average Bonchev–Trinajstić information content (AvgIpc) is 3.37. The van der Waals surface area contributed by atoms with Gasteiger partial charge in [0.1, 0.15) is 10.6 Å². The largest absolute Gasteiger partial charge is 0.497 e. The molecule has 3 aromatic carbocycles. The molecule has 0 bridgehead atoms. The number of carbonyl (C=O) groups excluding carboxylic acids is 1. The second-order valence-electron chi connectivity index (χ2n) is 7.01. The zero-order valence-electron chi connectivity index (χ0n) is 16.3. The highest BCUT2D eigenvalue weighted by molar-refractivity contribution is 7.18. The Kier molecular flexibility index (Phi) is 4.69. The minimum absolute atomic E-state index is 0.128. The number of aromatic amines is 1. The number of nitrogens with zero attached hydrogens (tertiary/aromatic N) is 1. The zero-order valence-corrected chi connectivity index (χ0v) is 17.1. The predicted octanol–water partition coefficient (Wildman–Crippen LogP) is 5.38. The molecule has 0 aliphatic heterocycles. The molecule has 30 heavy (non-hydrogen) atoms. The summed E-state index contributed by atoms with van der Waals surface area (Å²) in [5, 5.41) is 14.1. The molecule has 0 saturated heterocycles. The van der Waals surface area contributed by atoms with E-state index >= 15 is 0 Å². The summed E-state index contributed by atoms with van der Waals surface area (Å²) in [6.45, 7) is 0.453. The van der Waals surface area contributed by atoms with Crippen molar-refractivity contribution in [2.75, 3.05) is 7.11 Å². The average molecular weight is 414 g/mol. The van der Waals surface area contributed by atoms with Crippen molar-refractivity contribution in [1.29, 1.82) is 0 Å². The fourth-order valence-electron chi connectivity index (χ4n) is 3.55. The van der Waals surface area contributed by atoms with E-state index in [2.05, 4.69) is 51.9 Å². The number of methoxy groups -OCH3 is 1. The fourth-order valence-corrected chi connectivity index (χ4v) is 4.48. The molecule has 0 atom stereocenters. The third-order valence-corrected chi connectivity index (χ3v) is 6.12. The number of thiophene rings is 1. The van der Waals surface area contributed by atoms with Crippen LogP contribution in [0.1, 0.15) is 15.2 Å². The molecule has 0 radical (unpaired) electrons. The van der Waals surface area contributed by atoms with Crippen molar-refractivity contribution in [1.82, 2.24) is 15.5 Å². The van der Waals surface area contributed by atoms with E-state index in [1.807, 2.05) is 24.3 Å². The summed E-state index contributed by atoms with van der Waals surface area (Å²) in [7, 11) is 1.59. The summed E-state index contributed by atoms with van der Waals surface area (Å²) in [6.07, 6.45) is 0. The van der Waals surface area contributed by atoms with E-state index < -0.39 is 0 Å². The first-order chi connectivity index (χ1) is 14.7. The summed E-state index contributed by atoms with van der Waals surface area (Å²) < 4.78 is 5.19. The lowest BCUT2D eigenvalue weighted by molar-refractivity contribution is 0.0951. The molecule has 0 aliphatic carbocycles. The molecule has 0 saturated carbocycles. The first kappa shape index (κ1) is 18.4. The Morgan fingerprint density at radius 1 is 1.03 bits per heavy atom. The molecule has 5 rings (SSSR count). The molecule has 2 N–H and O–H groups in total. The van der Waals surface area contributed by atoms with Crippen LogP contribution in [0.3, 0.4) is 0 Å². The van der Waals surface area contributed by atoms with Crippen LogP contribution in [0.5, 0.6) is 5.75 Å². The van der Waals surface area contributed by atoms with Gasteiger partial charge in [-0.1, -0.05) is 42.5 Å². The number of hydrogen-bond acceptors (Lipinski definition) is 4. The number of nitrogens with one attached hydrogen (secondary N) is 2. The van der Waals surface area contributed by atoms with Gasteiger partial charge in [-0.15, -0.1) is 11.3 Å². The number of hydrogen-bond donors (Lipinski definition) is 2. The number of benzene rings is 3. The van der Waals surface area contributed by atoms with Gasteiger partial charge in [0.2, 0.25) is 0 Å². The predicted molar refractivity (Wildman–Crippen MR) is 121 cm³/mol. The van der Waals surface area contributed by atoms with Crippen molar-refractivity contribution in [3.05, 3.63) is 83.2 Å². The number of aromatic nitrogens is 2. The smallest absolute Gasteiger partial charge is 0.251 e. The Bertz CT molecular complexity index is 1370. The van der Waals surface area contributed by atoms with Crippen molar-refractivity contribution in [3.8, 4) is 17.0 Å². The minimum Gasteiger partial charge on any atom is -0.497 e. The molecule has 2 heterocycles. The first-order valence-electron chi connectivity index (χ1n) is 9.59. The van der Waals surface area contributed by atoms with Crippen molar-refractivity contribution < 1.29 is 9.53 Å². The van der Waals surface area contributed by atoms with Crippen LogP contribution in [-0.2, 0) is 6.54 Å². The molecular formula is C24H19N3O2S. The molecule has 0 spiro atoms. The Labute approximate surface area is 177 Å². The van der Waals surface area contributed by atoms with Crippen LogP contribution < -0.4 is 10.1 Å². The number of rotatable bonds is 5. The van der Waals surface area contributed by atoms with Gasteiger partial charge in [-0.2, -0.15) is 5.10 Å². The maximum atomic E-state index is 12.5. The highest BCUT2D eigenvalue weighted by Crippen LogP contribution is 2.33. The summed E-state index contributed by atoms with van der Waals surface area (Å²) in [5.74, 6) is 0.536. The van der Waals surface area contributed by atoms with Crippen LogP contribution >= 0.6 is 11.3 Å². The molecule has 5 nitrogen and oxygen atoms in total. The third kappa shape index (κ3) is 3.42. The SMILES string of the molecule is COc1cccc(C(=O)NCc2cc3c(-c4ccc5ccccc5c4)[nH]nc3s2)c1. The van der Waals surface area contributed by atoms with Crippen LogP contribution in [0.15, 0.2) is 72.8 Å². The maximum absolute atomic E-state index is 12.5. The van der Waals surface area contributed by atoms with Gasteiger partial charge in [0.15, 0.2) is 0 Å². The van der Waals surface area contributed by atoms with E-state index in [9.17, 15) is 4.79 Å². The molecule has 1 amide bonds. The maximum Gasteiger partial charge on any atom is 0.251 e. The van der Waals surface area contributed by atoms with E-state index in [0.717, 1.165) is 26.4 Å². The van der Waals surface area contributed by atoms with Crippen LogP contribution in [-0.4, -0.2) is 23.2 Å². The Morgan fingerprint density at radius 2 is 1.90 bits per heavy atom. The number of carbonyl (C=O) groups is 1. The van der Waals surface area contributed by atoms with E-state index in [-0.39, 0.29) is 5.91 Å². The van der Waals surface area contributed by atoms with Gasteiger partial charge in [-0.05, 0) is 41.1 Å². The Morgan fingerprint density at radius 3 is 2.77 bits per heavy atom.